The Balaban J connectivity index is 1.88. The molecule has 17 heavy (non-hydrogen) atoms. The quantitative estimate of drug-likeness (QED) is 0.813. The van der Waals surface area contributed by atoms with Crippen molar-refractivity contribution in [1.29, 1.82) is 0 Å². The zero-order valence-electron chi connectivity index (χ0n) is 10.1. The summed E-state index contributed by atoms with van der Waals surface area (Å²) in [7, 11) is 2.09. The monoisotopic (exact) mass is 237 g/mol. The van der Waals surface area contributed by atoms with Gasteiger partial charge in [-0.05, 0) is 13.1 Å². The largest absolute Gasteiger partial charge is 0.489 e. The van der Waals surface area contributed by atoms with Crippen LogP contribution in [0.15, 0.2) is 18.5 Å². The van der Waals surface area contributed by atoms with Gasteiger partial charge in [-0.1, -0.05) is 0 Å². The van der Waals surface area contributed by atoms with Gasteiger partial charge in [0, 0.05) is 31.4 Å². The van der Waals surface area contributed by atoms with Gasteiger partial charge >= 0.3 is 0 Å². The van der Waals surface area contributed by atoms with Crippen molar-refractivity contribution in [3.05, 3.63) is 24.0 Å². The van der Waals surface area contributed by atoms with Crippen LogP contribution in [0.4, 0.5) is 0 Å². The van der Waals surface area contributed by atoms with Crippen molar-refractivity contribution in [2.45, 2.75) is 12.6 Å². The van der Waals surface area contributed by atoms with Gasteiger partial charge in [0.2, 0.25) is 0 Å². The van der Waals surface area contributed by atoms with Crippen LogP contribution in [0.2, 0.25) is 0 Å². The molecular formula is C12H19N3O2. The second-order valence-electron chi connectivity index (χ2n) is 4.25. The third-order valence-corrected chi connectivity index (χ3v) is 2.86. The van der Waals surface area contributed by atoms with E-state index in [-0.39, 0.29) is 6.10 Å². The number of hydrogen-bond donors (Lipinski definition) is 1. The van der Waals surface area contributed by atoms with Crippen LogP contribution in [0.25, 0.3) is 0 Å². The molecule has 0 bridgehead atoms. The second kappa shape index (κ2) is 5.95. The van der Waals surface area contributed by atoms with Crippen molar-refractivity contribution in [1.82, 2.24) is 9.88 Å². The number of rotatable bonds is 4. The number of ether oxygens (including phenoxy) is 2. The predicted molar refractivity (Wildman–Crippen MR) is 64.9 cm³/mol. The van der Waals surface area contributed by atoms with Crippen molar-refractivity contribution < 1.29 is 9.47 Å². The molecule has 0 aromatic carbocycles. The molecule has 0 amide bonds. The average molecular weight is 237 g/mol. The molecular weight excluding hydrogens is 218 g/mol. The maximum Gasteiger partial charge on any atom is 0.142 e. The summed E-state index contributed by atoms with van der Waals surface area (Å²) in [6, 6.07) is 1.88. The van der Waals surface area contributed by atoms with Gasteiger partial charge < -0.3 is 20.1 Å². The smallest absolute Gasteiger partial charge is 0.142 e. The fourth-order valence-corrected chi connectivity index (χ4v) is 1.86. The SMILES string of the molecule is CN1CCOC(COc2cnccc2CN)C1. The van der Waals surface area contributed by atoms with Crippen LogP contribution < -0.4 is 10.5 Å². The van der Waals surface area contributed by atoms with E-state index >= 15 is 0 Å². The summed E-state index contributed by atoms with van der Waals surface area (Å²) < 4.78 is 11.3. The van der Waals surface area contributed by atoms with Crippen LogP contribution in [0, 0.1) is 0 Å². The summed E-state index contributed by atoms with van der Waals surface area (Å²) in [6.07, 6.45) is 3.55. The summed E-state index contributed by atoms with van der Waals surface area (Å²) in [6.45, 7) is 3.66. The molecule has 1 fully saturated rings. The number of morpholine rings is 1. The van der Waals surface area contributed by atoms with E-state index in [1.165, 1.54) is 0 Å². The third kappa shape index (κ3) is 3.39. The second-order valence-corrected chi connectivity index (χ2v) is 4.25. The molecule has 0 saturated carbocycles. The number of aromatic nitrogens is 1. The summed E-state index contributed by atoms with van der Waals surface area (Å²) in [5.74, 6) is 0.756. The molecule has 5 heteroatoms. The van der Waals surface area contributed by atoms with E-state index in [9.17, 15) is 0 Å². The molecule has 1 atom stereocenters. The maximum absolute atomic E-state index is 5.72. The Morgan fingerprint density at radius 3 is 3.29 bits per heavy atom. The topological polar surface area (TPSA) is 60.6 Å². The first-order chi connectivity index (χ1) is 8.29. The standard InChI is InChI=1S/C12H19N3O2/c1-15-4-5-16-11(8-15)9-17-12-7-14-3-2-10(12)6-13/h2-3,7,11H,4-6,8-9,13H2,1H3. The van der Waals surface area contributed by atoms with Crippen LogP contribution in [-0.4, -0.2) is 49.3 Å². The summed E-state index contributed by atoms with van der Waals surface area (Å²) in [5, 5.41) is 0. The Morgan fingerprint density at radius 2 is 2.53 bits per heavy atom. The lowest BCUT2D eigenvalue weighted by Crippen LogP contribution is -2.42. The van der Waals surface area contributed by atoms with Gasteiger partial charge in [-0.15, -0.1) is 0 Å². The van der Waals surface area contributed by atoms with Gasteiger partial charge in [0.25, 0.3) is 0 Å². The highest BCUT2D eigenvalue weighted by molar-refractivity contribution is 5.29. The molecule has 1 aromatic rings. The molecule has 0 aliphatic carbocycles. The Bertz CT molecular complexity index is 359. The van der Waals surface area contributed by atoms with Crippen molar-refractivity contribution in [2.75, 3.05) is 33.4 Å². The molecule has 2 N–H and O–H groups in total. The molecule has 1 saturated heterocycles. The lowest BCUT2D eigenvalue weighted by atomic mass is 10.2. The lowest BCUT2D eigenvalue weighted by molar-refractivity contribution is -0.0405. The predicted octanol–water partition coefficient (Wildman–Crippen LogP) is 0.250. The third-order valence-electron chi connectivity index (χ3n) is 2.86. The van der Waals surface area contributed by atoms with Crippen LogP contribution in [-0.2, 0) is 11.3 Å². The van der Waals surface area contributed by atoms with Gasteiger partial charge in [-0.25, -0.2) is 0 Å². The van der Waals surface area contributed by atoms with Crippen molar-refractivity contribution in [2.24, 2.45) is 5.73 Å². The van der Waals surface area contributed by atoms with E-state index in [1.807, 2.05) is 6.07 Å². The Kier molecular flexibility index (Phi) is 4.30. The van der Waals surface area contributed by atoms with Crippen LogP contribution in [0.3, 0.4) is 0 Å². The van der Waals surface area contributed by atoms with Gasteiger partial charge in [0.15, 0.2) is 0 Å². The molecule has 2 rings (SSSR count). The molecule has 1 aromatic heterocycles. The Hall–Kier alpha value is -1.17. The minimum absolute atomic E-state index is 0.125. The lowest BCUT2D eigenvalue weighted by Gasteiger charge is -2.29. The zero-order valence-corrected chi connectivity index (χ0v) is 10.1. The van der Waals surface area contributed by atoms with Gasteiger partial charge in [-0.3, -0.25) is 4.98 Å². The van der Waals surface area contributed by atoms with E-state index < -0.39 is 0 Å². The summed E-state index contributed by atoms with van der Waals surface area (Å²) >= 11 is 0. The number of pyridine rings is 1. The summed E-state index contributed by atoms with van der Waals surface area (Å²) in [5.41, 5.74) is 6.61. The number of nitrogens with zero attached hydrogens (tertiary/aromatic N) is 2. The first kappa shape index (κ1) is 12.3. The van der Waals surface area contributed by atoms with Gasteiger partial charge in [0.1, 0.15) is 18.5 Å². The van der Waals surface area contributed by atoms with E-state index in [4.69, 9.17) is 15.2 Å². The van der Waals surface area contributed by atoms with Crippen molar-refractivity contribution >= 4 is 0 Å². The Morgan fingerprint density at radius 1 is 1.65 bits per heavy atom. The van der Waals surface area contributed by atoms with Gasteiger partial charge in [-0.2, -0.15) is 0 Å². The molecule has 94 valence electrons. The van der Waals surface area contributed by atoms with Crippen molar-refractivity contribution in [3.63, 3.8) is 0 Å². The summed E-state index contributed by atoms with van der Waals surface area (Å²) in [4.78, 5) is 6.28. The average Bonchev–Trinajstić information content (AvgIpc) is 2.37. The molecule has 1 unspecified atom stereocenters. The zero-order chi connectivity index (χ0) is 12.1. The van der Waals surface area contributed by atoms with Crippen LogP contribution in [0.5, 0.6) is 5.75 Å². The number of likely N-dealkylation sites (N-methyl/N-ethyl adjacent to an activating group) is 1. The molecule has 1 aliphatic heterocycles. The normalized spacial score (nSPS) is 21.4. The minimum Gasteiger partial charge on any atom is -0.489 e. The molecule has 1 aliphatic rings. The first-order valence-corrected chi connectivity index (χ1v) is 5.85. The molecule has 2 heterocycles. The van der Waals surface area contributed by atoms with E-state index in [1.54, 1.807) is 12.4 Å². The van der Waals surface area contributed by atoms with Gasteiger partial charge in [0.05, 0.1) is 12.8 Å². The van der Waals surface area contributed by atoms with Crippen molar-refractivity contribution in [3.8, 4) is 5.75 Å². The highest BCUT2D eigenvalue weighted by Gasteiger charge is 2.18. The number of nitrogens with two attached hydrogens (primary N) is 1. The molecule has 0 radical (unpaired) electrons. The fourth-order valence-electron chi connectivity index (χ4n) is 1.86. The van der Waals surface area contributed by atoms with Crippen LogP contribution in [0.1, 0.15) is 5.56 Å². The minimum atomic E-state index is 0.125. The highest BCUT2D eigenvalue weighted by Crippen LogP contribution is 2.16. The number of hydrogen-bond acceptors (Lipinski definition) is 5. The van der Waals surface area contributed by atoms with E-state index in [0.29, 0.717) is 13.2 Å². The first-order valence-electron chi connectivity index (χ1n) is 5.85. The van der Waals surface area contributed by atoms with Crippen LogP contribution >= 0.6 is 0 Å². The fraction of sp³-hybridized carbons (Fsp3) is 0.583. The molecule has 5 nitrogen and oxygen atoms in total. The maximum atomic E-state index is 5.72. The highest BCUT2D eigenvalue weighted by atomic mass is 16.5. The Labute approximate surface area is 102 Å². The van der Waals surface area contributed by atoms with E-state index in [2.05, 4.69) is 16.9 Å². The molecule has 0 spiro atoms. The van der Waals surface area contributed by atoms with E-state index in [0.717, 1.165) is 31.0 Å².